The molecule has 0 heterocycles. The van der Waals surface area contributed by atoms with Gasteiger partial charge in [-0.2, -0.15) is 9.59 Å². The van der Waals surface area contributed by atoms with Gasteiger partial charge >= 0.3 is 6.15 Å². The molecular formula is C30H36O3. The van der Waals surface area contributed by atoms with E-state index >= 15 is 0 Å². The molecule has 0 amide bonds. The van der Waals surface area contributed by atoms with Gasteiger partial charge in [-0.3, -0.25) is 0 Å². The molecule has 3 aromatic carbocycles. The smallest absolute Gasteiger partial charge is 0.373 e. The van der Waals surface area contributed by atoms with E-state index < -0.39 is 0 Å². The molecule has 174 valence electrons. The van der Waals surface area contributed by atoms with Crippen LogP contribution in [0.3, 0.4) is 0 Å². The van der Waals surface area contributed by atoms with E-state index in [4.69, 9.17) is 14.3 Å². The molecule has 1 aliphatic rings. The van der Waals surface area contributed by atoms with Crippen LogP contribution in [0.1, 0.15) is 82.8 Å². The summed E-state index contributed by atoms with van der Waals surface area (Å²) < 4.78 is 6.13. The maximum atomic E-state index is 8.12. The lowest BCUT2D eigenvalue weighted by atomic mass is 9.86. The van der Waals surface area contributed by atoms with Crippen LogP contribution in [0.15, 0.2) is 66.7 Å². The summed E-state index contributed by atoms with van der Waals surface area (Å²) >= 11 is 0. The Labute approximate surface area is 198 Å². The van der Waals surface area contributed by atoms with Crippen LogP contribution in [0.5, 0.6) is 5.75 Å². The maximum Gasteiger partial charge on any atom is 0.373 e. The van der Waals surface area contributed by atoms with Crippen molar-refractivity contribution in [2.24, 2.45) is 5.92 Å². The Morgan fingerprint density at radius 1 is 0.970 bits per heavy atom. The Morgan fingerprint density at radius 3 is 2.33 bits per heavy atom. The molecule has 0 aromatic heterocycles. The third kappa shape index (κ3) is 6.55. The summed E-state index contributed by atoms with van der Waals surface area (Å²) in [6.45, 7) is 8.89. The minimum absolute atomic E-state index is 0.0995. The highest BCUT2D eigenvalue weighted by molar-refractivity contribution is 5.86. The average Bonchev–Trinajstić information content (AvgIpc) is 3.28. The summed E-state index contributed by atoms with van der Waals surface area (Å²) in [7, 11) is 0. The number of fused-ring (bicyclic) bond motifs is 1. The standard InChI is InChI=1S/C29H36O.CO2/c1-5-29(3,4)30-26-17-15-23(16-18-26)25-14-13-22(20-25)19-21(2)27-12-8-10-24-9-6-7-11-28(24)27;2-1-3/h6-12,15-18,21-22,25H,5,13-14,19-20H2,1-4H3;/t21-,22+,25+;/m0./s1. The van der Waals surface area contributed by atoms with Gasteiger partial charge in [0.15, 0.2) is 0 Å². The minimum atomic E-state index is -0.0995. The number of rotatable bonds is 7. The van der Waals surface area contributed by atoms with Crippen molar-refractivity contribution in [3.63, 3.8) is 0 Å². The van der Waals surface area contributed by atoms with Crippen molar-refractivity contribution in [3.8, 4) is 5.75 Å². The molecule has 3 heteroatoms. The highest BCUT2D eigenvalue weighted by Gasteiger charge is 2.28. The number of hydrogen-bond donors (Lipinski definition) is 0. The Kier molecular flexibility index (Phi) is 8.47. The zero-order valence-electron chi connectivity index (χ0n) is 20.3. The molecule has 0 aliphatic heterocycles. The number of carbonyl (C=O) groups excluding carboxylic acids is 2. The predicted octanol–water partition coefficient (Wildman–Crippen LogP) is 7.90. The number of ether oxygens (including phenoxy) is 1. The molecule has 1 fully saturated rings. The number of benzene rings is 3. The van der Waals surface area contributed by atoms with Gasteiger partial charge in [0.05, 0.1) is 0 Å². The molecule has 3 nitrogen and oxygen atoms in total. The topological polar surface area (TPSA) is 43.4 Å². The van der Waals surface area contributed by atoms with Crippen LogP contribution in [0.4, 0.5) is 0 Å². The summed E-state index contributed by atoms with van der Waals surface area (Å²) in [5.41, 5.74) is 2.89. The molecule has 4 rings (SSSR count). The molecule has 33 heavy (non-hydrogen) atoms. The first kappa shape index (κ1) is 24.7. The second-order valence-electron chi connectivity index (χ2n) is 9.95. The van der Waals surface area contributed by atoms with Gasteiger partial charge < -0.3 is 4.74 Å². The molecule has 3 aromatic rings. The fraction of sp³-hybridized carbons (Fsp3) is 0.433. The molecule has 0 saturated heterocycles. The van der Waals surface area contributed by atoms with Gasteiger partial charge in [0.1, 0.15) is 11.4 Å². The van der Waals surface area contributed by atoms with Gasteiger partial charge in [-0.05, 0) is 97.7 Å². The first-order chi connectivity index (χ1) is 15.9. The van der Waals surface area contributed by atoms with E-state index in [1.54, 1.807) is 0 Å². The second kappa shape index (κ2) is 11.3. The Hall–Kier alpha value is -2.90. The average molecular weight is 445 g/mol. The van der Waals surface area contributed by atoms with Gasteiger partial charge in [-0.25, -0.2) is 0 Å². The lowest BCUT2D eigenvalue weighted by Gasteiger charge is -2.25. The van der Waals surface area contributed by atoms with Gasteiger partial charge in [0, 0.05) is 0 Å². The molecular weight excluding hydrogens is 408 g/mol. The van der Waals surface area contributed by atoms with Crippen molar-refractivity contribution in [1.29, 1.82) is 0 Å². The summed E-state index contributed by atoms with van der Waals surface area (Å²) in [4.78, 5) is 16.2. The lowest BCUT2D eigenvalue weighted by molar-refractivity contribution is -0.191. The van der Waals surface area contributed by atoms with Crippen molar-refractivity contribution in [1.82, 2.24) is 0 Å². The van der Waals surface area contributed by atoms with E-state index in [1.807, 2.05) is 0 Å². The zero-order valence-corrected chi connectivity index (χ0v) is 20.3. The first-order valence-corrected chi connectivity index (χ1v) is 12.1. The van der Waals surface area contributed by atoms with E-state index in [2.05, 4.69) is 94.4 Å². The van der Waals surface area contributed by atoms with E-state index in [-0.39, 0.29) is 11.8 Å². The van der Waals surface area contributed by atoms with Crippen molar-refractivity contribution in [2.45, 2.75) is 77.2 Å². The third-order valence-electron chi connectivity index (χ3n) is 7.18. The lowest BCUT2D eigenvalue weighted by Crippen LogP contribution is -2.26. The molecule has 1 saturated carbocycles. The van der Waals surface area contributed by atoms with E-state index in [1.165, 1.54) is 47.6 Å². The monoisotopic (exact) mass is 444 g/mol. The van der Waals surface area contributed by atoms with Crippen molar-refractivity contribution >= 4 is 16.9 Å². The molecule has 0 spiro atoms. The Morgan fingerprint density at radius 2 is 1.64 bits per heavy atom. The number of hydrogen-bond acceptors (Lipinski definition) is 3. The van der Waals surface area contributed by atoms with Gasteiger partial charge in [-0.15, -0.1) is 0 Å². The highest BCUT2D eigenvalue weighted by atomic mass is 16.5. The van der Waals surface area contributed by atoms with Crippen molar-refractivity contribution < 1.29 is 14.3 Å². The fourth-order valence-electron chi connectivity index (χ4n) is 5.10. The normalized spacial score (nSPS) is 18.8. The first-order valence-electron chi connectivity index (χ1n) is 12.1. The fourth-order valence-corrected chi connectivity index (χ4v) is 5.10. The van der Waals surface area contributed by atoms with Gasteiger partial charge in [0.2, 0.25) is 0 Å². The maximum absolute atomic E-state index is 8.12. The van der Waals surface area contributed by atoms with Gasteiger partial charge in [0.25, 0.3) is 0 Å². The summed E-state index contributed by atoms with van der Waals surface area (Å²) in [5, 5.41) is 2.78. The van der Waals surface area contributed by atoms with Crippen LogP contribution in [-0.2, 0) is 9.59 Å². The highest BCUT2D eigenvalue weighted by Crippen LogP contribution is 2.43. The van der Waals surface area contributed by atoms with E-state index in [0.717, 1.165) is 18.1 Å². The van der Waals surface area contributed by atoms with Crippen molar-refractivity contribution in [2.75, 3.05) is 0 Å². The second-order valence-corrected chi connectivity index (χ2v) is 9.95. The van der Waals surface area contributed by atoms with E-state index in [9.17, 15) is 0 Å². The van der Waals surface area contributed by atoms with Crippen LogP contribution in [0.2, 0.25) is 0 Å². The summed E-state index contributed by atoms with van der Waals surface area (Å²) in [6, 6.07) is 24.5. The quantitative estimate of drug-likeness (QED) is 0.372. The zero-order chi connectivity index (χ0) is 23.8. The van der Waals surface area contributed by atoms with Crippen molar-refractivity contribution in [3.05, 3.63) is 77.9 Å². The van der Waals surface area contributed by atoms with E-state index in [0.29, 0.717) is 11.8 Å². The summed E-state index contributed by atoms with van der Waals surface area (Å²) in [5.74, 6) is 3.11. The predicted molar refractivity (Wildman–Crippen MR) is 134 cm³/mol. The Bertz CT molecular complexity index is 1060. The molecule has 1 aliphatic carbocycles. The molecule has 0 N–H and O–H groups in total. The molecule has 0 radical (unpaired) electrons. The Balaban J connectivity index is 0.000000968. The molecule has 3 atom stereocenters. The van der Waals surface area contributed by atoms with Crippen LogP contribution in [0.25, 0.3) is 10.8 Å². The minimum Gasteiger partial charge on any atom is -0.488 e. The van der Waals surface area contributed by atoms with Gasteiger partial charge in [-0.1, -0.05) is 68.4 Å². The van der Waals surface area contributed by atoms with Crippen LogP contribution in [-0.4, -0.2) is 11.8 Å². The van der Waals surface area contributed by atoms with Crippen LogP contribution in [0, 0.1) is 5.92 Å². The van der Waals surface area contributed by atoms with Crippen LogP contribution >= 0.6 is 0 Å². The largest absolute Gasteiger partial charge is 0.488 e. The molecule has 0 bridgehead atoms. The molecule has 0 unspecified atom stereocenters. The van der Waals surface area contributed by atoms with Crippen LogP contribution < -0.4 is 4.74 Å². The third-order valence-corrected chi connectivity index (χ3v) is 7.18. The summed E-state index contributed by atoms with van der Waals surface area (Å²) in [6.07, 6.45) is 6.52. The SMILES string of the molecule is CCC(C)(C)Oc1ccc([C@@H]2CC[C@H](C[C@H](C)c3cccc4ccccc34)C2)cc1.O=C=O.